The van der Waals surface area contributed by atoms with Crippen LogP contribution in [0.3, 0.4) is 0 Å². The van der Waals surface area contributed by atoms with Crippen LogP contribution < -0.4 is 0 Å². The number of rotatable bonds is 1. The maximum atomic E-state index is 4.02. The van der Waals surface area contributed by atoms with Gasteiger partial charge in [-0.25, -0.2) is 0 Å². The quantitative estimate of drug-likeness (QED) is 0.539. The van der Waals surface area contributed by atoms with Crippen molar-refractivity contribution in [3.63, 3.8) is 0 Å². The van der Waals surface area contributed by atoms with Gasteiger partial charge in [0.05, 0.1) is 0 Å². The van der Waals surface area contributed by atoms with E-state index in [9.17, 15) is 0 Å². The van der Waals surface area contributed by atoms with Gasteiger partial charge in [-0.15, -0.1) is 0 Å². The van der Waals surface area contributed by atoms with Crippen molar-refractivity contribution in [3.8, 4) is 0 Å². The highest BCUT2D eigenvalue weighted by Gasteiger charge is 2.32. The van der Waals surface area contributed by atoms with Crippen molar-refractivity contribution in [1.29, 1.82) is 0 Å². The summed E-state index contributed by atoms with van der Waals surface area (Å²) in [6, 6.07) is 0. The van der Waals surface area contributed by atoms with Crippen molar-refractivity contribution in [1.82, 2.24) is 0 Å². The molecule has 0 amide bonds. The van der Waals surface area contributed by atoms with Gasteiger partial charge in [-0.05, 0) is 17.9 Å². The Bertz CT molecular complexity index is 123. The molecule has 11 heavy (non-hydrogen) atoms. The van der Waals surface area contributed by atoms with Gasteiger partial charge < -0.3 is 0 Å². The standard InChI is InChI=1S/C9H20P2/c1-8(2,3)11(10-7)9(4,5)6/h7H2,1-6H3. The van der Waals surface area contributed by atoms with Gasteiger partial charge in [-0.3, -0.25) is 0 Å². The van der Waals surface area contributed by atoms with Crippen molar-refractivity contribution in [2.24, 2.45) is 0 Å². The molecule has 0 aromatic rings. The van der Waals surface area contributed by atoms with Crippen LogP contribution >= 0.6 is 15.5 Å². The fourth-order valence-electron chi connectivity index (χ4n) is 1.43. The normalized spacial score (nSPS) is 14.5. The summed E-state index contributed by atoms with van der Waals surface area (Å²) in [5.74, 6) is 0. The summed E-state index contributed by atoms with van der Waals surface area (Å²) in [6.45, 7) is 13.9. The fraction of sp³-hybridized carbons (Fsp3) is 0.889. The Balaban J connectivity index is 4.56. The Morgan fingerprint density at radius 2 is 1.18 bits per heavy atom. The van der Waals surface area contributed by atoms with E-state index in [4.69, 9.17) is 0 Å². The highest BCUT2D eigenvalue weighted by Crippen LogP contribution is 2.67. The zero-order valence-corrected chi connectivity index (χ0v) is 10.4. The first kappa shape index (κ1) is 11.6. The molecule has 0 radical (unpaired) electrons. The van der Waals surface area contributed by atoms with Gasteiger partial charge in [0.2, 0.25) is 0 Å². The molecular formula is C9H20P2. The molecule has 0 aliphatic carbocycles. The zero-order chi connectivity index (χ0) is 9.28. The average Bonchev–Trinajstić information content (AvgIpc) is 1.56. The lowest BCUT2D eigenvalue weighted by Gasteiger charge is -2.38. The molecule has 0 spiro atoms. The molecule has 0 saturated heterocycles. The van der Waals surface area contributed by atoms with Gasteiger partial charge in [-0.1, -0.05) is 55.7 Å². The van der Waals surface area contributed by atoms with Crippen LogP contribution in [0.1, 0.15) is 41.5 Å². The van der Waals surface area contributed by atoms with E-state index < -0.39 is 0 Å². The third-order valence-corrected chi connectivity index (χ3v) is 8.69. The molecule has 66 valence electrons. The van der Waals surface area contributed by atoms with E-state index in [2.05, 4.69) is 47.8 Å². The highest BCUT2D eigenvalue weighted by atomic mass is 32.0. The van der Waals surface area contributed by atoms with Crippen LogP contribution in [-0.4, -0.2) is 16.6 Å². The van der Waals surface area contributed by atoms with Gasteiger partial charge in [0.1, 0.15) is 0 Å². The first-order valence-electron chi connectivity index (χ1n) is 3.96. The Morgan fingerprint density at radius 3 is 1.18 bits per heavy atom. The van der Waals surface area contributed by atoms with E-state index in [1.807, 2.05) is 0 Å². The van der Waals surface area contributed by atoms with E-state index >= 15 is 0 Å². The molecule has 2 heteroatoms. The minimum Gasteiger partial charge on any atom is -0.0829 e. The summed E-state index contributed by atoms with van der Waals surface area (Å²) in [5, 5.41) is 0.883. The summed E-state index contributed by atoms with van der Waals surface area (Å²) >= 11 is 0. The van der Waals surface area contributed by atoms with E-state index in [1.165, 1.54) is 7.89 Å². The Kier molecular flexibility index (Phi) is 3.74. The van der Waals surface area contributed by atoms with Crippen LogP contribution in [0.4, 0.5) is 0 Å². The Labute approximate surface area is 74.2 Å². The van der Waals surface area contributed by atoms with Crippen LogP contribution in [0.2, 0.25) is 0 Å². The minimum absolute atomic E-state index is 0.0206. The molecule has 0 bridgehead atoms. The molecule has 0 aromatic carbocycles. The van der Waals surface area contributed by atoms with Gasteiger partial charge >= 0.3 is 0 Å². The van der Waals surface area contributed by atoms with Crippen molar-refractivity contribution in [2.75, 3.05) is 0 Å². The average molecular weight is 190 g/mol. The predicted octanol–water partition coefficient (Wildman–Crippen LogP) is 4.36. The monoisotopic (exact) mass is 190 g/mol. The summed E-state index contributed by atoms with van der Waals surface area (Å²) in [5.41, 5.74) is 0. The van der Waals surface area contributed by atoms with Gasteiger partial charge in [-0.2, -0.15) is 0 Å². The van der Waals surface area contributed by atoms with Crippen LogP contribution in [0, 0.1) is 0 Å². The molecule has 0 saturated carbocycles. The molecule has 0 rings (SSSR count). The van der Waals surface area contributed by atoms with Gasteiger partial charge in [0.15, 0.2) is 0 Å². The Morgan fingerprint density at radius 1 is 0.909 bits per heavy atom. The lowest BCUT2D eigenvalue weighted by molar-refractivity contribution is 0.720. The smallest absolute Gasteiger partial charge is 0.00986 e. The van der Waals surface area contributed by atoms with Crippen molar-refractivity contribution in [2.45, 2.75) is 51.9 Å². The molecule has 0 aromatic heterocycles. The first-order valence-corrected chi connectivity index (χ1v) is 7.09. The van der Waals surface area contributed by atoms with Gasteiger partial charge in [0.25, 0.3) is 0 Å². The molecule has 0 unspecified atom stereocenters. The van der Waals surface area contributed by atoms with E-state index in [1.54, 1.807) is 0 Å². The first-order chi connectivity index (χ1) is 4.69. The minimum atomic E-state index is 0.0206. The lowest BCUT2D eigenvalue weighted by Crippen LogP contribution is -2.21. The summed E-state index contributed by atoms with van der Waals surface area (Å²) < 4.78 is 0. The molecule has 0 atom stereocenters. The predicted molar refractivity (Wildman–Crippen MR) is 60.5 cm³/mol. The van der Waals surface area contributed by atoms with Crippen LogP contribution in [-0.2, 0) is 0 Å². The molecule has 0 nitrogen and oxygen atoms in total. The molecule has 0 fully saturated rings. The third kappa shape index (κ3) is 3.68. The second kappa shape index (κ2) is 3.55. The lowest BCUT2D eigenvalue weighted by atomic mass is 10.2. The highest BCUT2D eigenvalue weighted by molar-refractivity contribution is 8.21. The Hall–Kier alpha value is 0.600. The number of hydrogen-bond acceptors (Lipinski definition) is 0. The second-order valence-electron chi connectivity index (χ2n) is 4.79. The van der Waals surface area contributed by atoms with Crippen molar-refractivity contribution >= 4 is 21.8 Å². The molecule has 0 aliphatic rings. The maximum Gasteiger partial charge on any atom is -0.00986 e. The zero-order valence-electron chi connectivity index (χ0n) is 8.60. The van der Waals surface area contributed by atoms with Crippen molar-refractivity contribution in [3.05, 3.63) is 0 Å². The molecular weight excluding hydrogens is 170 g/mol. The van der Waals surface area contributed by atoms with Crippen LogP contribution in [0.15, 0.2) is 0 Å². The topological polar surface area (TPSA) is 0 Å². The van der Waals surface area contributed by atoms with E-state index in [0.29, 0.717) is 10.3 Å². The second-order valence-corrected chi connectivity index (χ2v) is 10.4. The van der Waals surface area contributed by atoms with E-state index in [0.717, 1.165) is 0 Å². The van der Waals surface area contributed by atoms with E-state index in [-0.39, 0.29) is 7.61 Å². The third-order valence-electron chi connectivity index (χ3n) is 1.41. The molecule has 0 N–H and O–H groups in total. The molecule has 0 aliphatic heterocycles. The summed E-state index contributed by atoms with van der Waals surface area (Å²) in [7, 11) is 1.35. The summed E-state index contributed by atoms with van der Waals surface area (Å²) in [4.78, 5) is 0. The maximum absolute atomic E-state index is 4.02. The van der Waals surface area contributed by atoms with Crippen molar-refractivity contribution < 1.29 is 0 Å². The van der Waals surface area contributed by atoms with Crippen LogP contribution in [0.25, 0.3) is 0 Å². The van der Waals surface area contributed by atoms with Crippen LogP contribution in [0.5, 0.6) is 0 Å². The number of hydrogen-bond donors (Lipinski definition) is 0. The largest absolute Gasteiger partial charge is 0.0829 e. The summed E-state index contributed by atoms with van der Waals surface area (Å²) in [6.07, 6.45) is 4.02. The molecule has 0 heterocycles. The fourth-order valence-corrected chi connectivity index (χ4v) is 6.84. The SMILES string of the molecule is C=PP(C(C)(C)C)C(C)(C)C. The van der Waals surface area contributed by atoms with Gasteiger partial charge in [0, 0.05) is 0 Å².